The van der Waals surface area contributed by atoms with E-state index >= 15 is 0 Å². The van der Waals surface area contributed by atoms with Crippen molar-refractivity contribution in [2.24, 2.45) is 0 Å². The largest absolute Gasteiger partial charge is 0.479 e. The van der Waals surface area contributed by atoms with E-state index in [1.807, 2.05) is 19.1 Å². The zero-order chi connectivity index (χ0) is 11.6. The summed E-state index contributed by atoms with van der Waals surface area (Å²) in [7, 11) is 0. The minimum Gasteiger partial charge on any atom is -0.479 e. The average Bonchev–Trinajstić information content (AvgIpc) is 2.10. The Hall–Kier alpha value is -0.550. The fourth-order valence-corrected chi connectivity index (χ4v) is 2.60. The van der Waals surface area contributed by atoms with Crippen molar-refractivity contribution < 1.29 is 14.6 Å². The molecule has 0 spiro atoms. The van der Waals surface area contributed by atoms with Crippen molar-refractivity contribution >= 4 is 37.8 Å². The van der Waals surface area contributed by atoms with Gasteiger partial charge in [0.2, 0.25) is 0 Å². The van der Waals surface area contributed by atoms with Gasteiger partial charge in [0.1, 0.15) is 5.75 Å². The number of rotatable bonds is 3. The molecule has 0 aliphatic carbocycles. The third-order valence-electron chi connectivity index (χ3n) is 1.84. The molecule has 1 atom stereocenters. The van der Waals surface area contributed by atoms with Crippen LogP contribution in [0.15, 0.2) is 21.1 Å². The Morgan fingerprint density at radius 2 is 2.07 bits per heavy atom. The Labute approximate surface area is 105 Å². The number of carbonyl (C=O) groups is 1. The quantitative estimate of drug-likeness (QED) is 0.919. The molecule has 0 bridgehead atoms. The summed E-state index contributed by atoms with van der Waals surface area (Å²) in [5.41, 5.74) is 0.879. The number of benzene rings is 1. The van der Waals surface area contributed by atoms with Gasteiger partial charge in [0.05, 0.1) is 4.47 Å². The first-order valence-electron chi connectivity index (χ1n) is 4.27. The summed E-state index contributed by atoms with van der Waals surface area (Å²) in [6.45, 7) is 3.36. The predicted molar refractivity (Wildman–Crippen MR) is 64.3 cm³/mol. The van der Waals surface area contributed by atoms with Gasteiger partial charge < -0.3 is 9.84 Å². The molecule has 1 unspecified atom stereocenters. The molecule has 0 heterocycles. The van der Waals surface area contributed by atoms with E-state index in [1.54, 1.807) is 0 Å². The zero-order valence-electron chi connectivity index (χ0n) is 8.25. The van der Waals surface area contributed by atoms with Crippen molar-refractivity contribution in [2.45, 2.75) is 20.0 Å². The first-order chi connectivity index (χ1) is 6.91. The summed E-state index contributed by atoms with van der Waals surface area (Å²) < 4.78 is 6.98. The Balaban J connectivity index is 3.00. The first-order valence-corrected chi connectivity index (χ1v) is 5.85. The lowest BCUT2D eigenvalue weighted by molar-refractivity contribution is -0.144. The maximum absolute atomic E-state index is 10.6. The second kappa shape index (κ2) is 4.99. The Morgan fingerprint density at radius 1 is 1.47 bits per heavy atom. The standard InChI is InChI=1S/C10H10Br2O3/c1-5-3-7(11)4-8(12)9(5)15-6(2)10(13)14/h3-4,6H,1-2H3,(H,13,14). The highest BCUT2D eigenvalue weighted by molar-refractivity contribution is 9.11. The molecular weight excluding hydrogens is 328 g/mol. The summed E-state index contributed by atoms with van der Waals surface area (Å²) in [5.74, 6) is -0.419. The van der Waals surface area contributed by atoms with Crippen LogP contribution in [0.1, 0.15) is 12.5 Å². The number of carboxylic acid groups (broad SMARTS) is 1. The van der Waals surface area contributed by atoms with Crippen molar-refractivity contribution in [1.82, 2.24) is 0 Å². The van der Waals surface area contributed by atoms with Crippen LogP contribution in [-0.4, -0.2) is 17.2 Å². The maximum Gasteiger partial charge on any atom is 0.344 e. The van der Waals surface area contributed by atoms with Gasteiger partial charge in [-0.05, 0) is 47.5 Å². The SMILES string of the molecule is Cc1cc(Br)cc(Br)c1OC(C)C(=O)O. The molecule has 5 heteroatoms. The normalized spacial score (nSPS) is 12.3. The molecule has 1 aromatic carbocycles. The molecule has 0 saturated carbocycles. The molecule has 0 saturated heterocycles. The van der Waals surface area contributed by atoms with E-state index in [1.165, 1.54) is 6.92 Å². The minimum absolute atomic E-state index is 0.563. The van der Waals surface area contributed by atoms with E-state index in [0.717, 1.165) is 14.5 Å². The summed E-state index contributed by atoms with van der Waals surface area (Å²) >= 11 is 6.67. The zero-order valence-corrected chi connectivity index (χ0v) is 11.4. The van der Waals surface area contributed by atoms with Gasteiger partial charge in [0.15, 0.2) is 6.10 Å². The first kappa shape index (κ1) is 12.5. The number of ether oxygens (including phenoxy) is 1. The van der Waals surface area contributed by atoms with Gasteiger partial charge in [-0.25, -0.2) is 4.79 Å². The predicted octanol–water partition coefficient (Wildman–Crippen LogP) is 3.37. The van der Waals surface area contributed by atoms with Crippen molar-refractivity contribution in [2.75, 3.05) is 0 Å². The van der Waals surface area contributed by atoms with Crippen LogP contribution in [0.25, 0.3) is 0 Å². The monoisotopic (exact) mass is 336 g/mol. The molecule has 1 N–H and O–H groups in total. The third-order valence-corrected chi connectivity index (χ3v) is 2.88. The van der Waals surface area contributed by atoms with Crippen LogP contribution in [0.3, 0.4) is 0 Å². The smallest absolute Gasteiger partial charge is 0.344 e. The van der Waals surface area contributed by atoms with Crippen LogP contribution in [0, 0.1) is 6.92 Å². The molecular formula is C10H10Br2O3. The van der Waals surface area contributed by atoms with E-state index in [4.69, 9.17) is 9.84 Å². The van der Waals surface area contributed by atoms with Crippen LogP contribution >= 0.6 is 31.9 Å². The van der Waals surface area contributed by atoms with Gasteiger partial charge >= 0.3 is 5.97 Å². The van der Waals surface area contributed by atoms with Crippen molar-refractivity contribution in [1.29, 1.82) is 0 Å². The Morgan fingerprint density at radius 3 is 2.53 bits per heavy atom. The molecule has 3 nitrogen and oxygen atoms in total. The van der Waals surface area contributed by atoms with Crippen LogP contribution in [-0.2, 0) is 4.79 Å². The fraction of sp³-hybridized carbons (Fsp3) is 0.300. The molecule has 0 aliphatic rings. The summed E-state index contributed by atoms with van der Waals surface area (Å²) in [6.07, 6.45) is -0.860. The van der Waals surface area contributed by atoms with Gasteiger partial charge in [0, 0.05) is 4.47 Å². The van der Waals surface area contributed by atoms with Gasteiger partial charge in [-0.3, -0.25) is 0 Å². The number of aliphatic carboxylic acids is 1. The van der Waals surface area contributed by atoms with Crippen LogP contribution in [0.5, 0.6) is 5.75 Å². The lowest BCUT2D eigenvalue weighted by atomic mass is 10.2. The van der Waals surface area contributed by atoms with Crippen LogP contribution < -0.4 is 4.74 Å². The lowest BCUT2D eigenvalue weighted by Crippen LogP contribution is -2.23. The molecule has 82 valence electrons. The van der Waals surface area contributed by atoms with E-state index in [2.05, 4.69) is 31.9 Å². The van der Waals surface area contributed by atoms with Crippen LogP contribution in [0.4, 0.5) is 0 Å². The highest BCUT2D eigenvalue weighted by Gasteiger charge is 2.16. The second-order valence-corrected chi connectivity index (χ2v) is 4.90. The number of hydrogen-bond acceptors (Lipinski definition) is 2. The molecule has 0 amide bonds. The average molecular weight is 338 g/mol. The Bertz CT molecular complexity index is 367. The summed E-state index contributed by atoms with van der Waals surface area (Å²) in [4.78, 5) is 10.6. The molecule has 0 aromatic heterocycles. The van der Waals surface area contributed by atoms with E-state index in [0.29, 0.717) is 5.75 Å². The molecule has 15 heavy (non-hydrogen) atoms. The van der Waals surface area contributed by atoms with Gasteiger partial charge in [-0.1, -0.05) is 15.9 Å². The lowest BCUT2D eigenvalue weighted by Gasteiger charge is -2.14. The number of halogens is 2. The second-order valence-electron chi connectivity index (χ2n) is 3.13. The van der Waals surface area contributed by atoms with Gasteiger partial charge in [0.25, 0.3) is 0 Å². The fourth-order valence-electron chi connectivity index (χ4n) is 1.07. The number of hydrogen-bond donors (Lipinski definition) is 1. The van der Waals surface area contributed by atoms with Crippen molar-refractivity contribution in [3.8, 4) is 5.75 Å². The highest BCUT2D eigenvalue weighted by Crippen LogP contribution is 2.32. The van der Waals surface area contributed by atoms with Gasteiger partial charge in [-0.15, -0.1) is 0 Å². The number of carboxylic acids is 1. The molecule has 0 aliphatic heterocycles. The molecule has 1 rings (SSSR count). The molecule has 0 radical (unpaired) electrons. The van der Waals surface area contributed by atoms with E-state index < -0.39 is 12.1 Å². The van der Waals surface area contributed by atoms with E-state index in [9.17, 15) is 4.79 Å². The Kier molecular flexibility index (Phi) is 4.16. The van der Waals surface area contributed by atoms with Gasteiger partial charge in [-0.2, -0.15) is 0 Å². The highest BCUT2D eigenvalue weighted by atomic mass is 79.9. The summed E-state index contributed by atoms with van der Waals surface area (Å²) in [6, 6.07) is 3.69. The molecule has 1 aromatic rings. The topological polar surface area (TPSA) is 46.5 Å². The van der Waals surface area contributed by atoms with Crippen LogP contribution in [0.2, 0.25) is 0 Å². The third kappa shape index (κ3) is 3.21. The van der Waals surface area contributed by atoms with E-state index in [-0.39, 0.29) is 0 Å². The minimum atomic E-state index is -0.982. The van der Waals surface area contributed by atoms with Crippen molar-refractivity contribution in [3.05, 3.63) is 26.6 Å². The number of aryl methyl sites for hydroxylation is 1. The van der Waals surface area contributed by atoms with Crippen molar-refractivity contribution in [3.63, 3.8) is 0 Å². The maximum atomic E-state index is 10.6. The summed E-state index contributed by atoms with van der Waals surface area (Å²) in [5, 5.41) is 8.73. The molecule has 0 fully saturated rings.